The molecule has 2 heterocycles. The van der Waals surface area contributed by atoms with Crippen LogP contribution in [-0.4, -0.2) is 38.8 Å². The van der Waals surface area contributed by atoms with Crippen molar-refractivity contribution >= 4 is 32.9 Å². The van der Waals surface area contributed by atoms with E-state index in [-0.39, 0.29) is 18.0 Å². The average Bonchev–Trinajstić information content (AvgIpc) is 2.79. The van der Waals surface area contributed by atoms with E-state index in [4.69, 9.17) is 11.6 Å². The number of hydrogen-bond donors (Lipinski definition) is 3. The molecule has 168 valence electrons. The van der Waals surface area contributed by atoms with Crippen LogP contribution in [0.15, 0.2) is 71.8 Å². The summed E-state index contributed by atoms with van der Waals surface area (Å²) in [6.07, 6.45) is 2.87. The first kappa shape index (κ1) is 22.6. The quantitative estimate of drug-likeness (QED) is 0.472. The van der Waals surface area contributed by atoms with Gasteiger partial charge < -0.3 is 16.0 Å². The molecule has 0 saturated carbocycles. The molecule has 1 aliphatic rings. The lowest BCUT2D eigenvalue weighted by Gasteiger charge is -2.35. The maximum Gasteiger partial charge on any atom is 0.175 e. The van der Waals surface area contributed by atoms with Crippen molar-refractivity contribution in [1.82, 2.24) is 10.3 Å². The summed E-state index contributed by atoms with van der Waals surface area (Å²) in [5, 5.41) is 11.3. The van der Waals surface area contributed by atoms with Gasteiger partial charge in [0.15, 0.2) is 9.84 Å². The third-order valence-corrected chi connectivity index (χ3v) is 7.11. The van der Waals surface area contributed by atoms with Crippen molar-refractivity contribution in [2.75, 3.05) is 30.0 Å². The molecule has 4 rings (SSSR count). The van der Waals surface area contributed by atoms with Gasteiger partial charge in [-0.25, -0.2) is 13.4 Å². The fourth-order valence-corrected chi connectivity index (χ4v) is 4.74. The van der Waals surface area contributed by atoms with Gasteiger partial charge >= 0.3 is 0 Å². The Balaban J connectivity index is 1.50. The highest BCUT2D eigenvalue weighted by molar-refractivity contribution is 7.90. The van der Waals surface area contributed by atoms with E-state index in [0.29, 0.717) is 9.92 Å². The summed E-state index contributed by atoms with van der Waals surface area (Å²) >= 11 is 6.07. The SMILES string of the molecule is C[C@H](CN[C@H](c1ccccc1)[C@H]1CNc2cc(Cl)cnc2N1)c1ccc(S(C)(=O)=O)cc1. The number of fused-ring (bicyclic) bond motifs is 1. The van der Waals surface area contributed by atoms with Crippen LogP contribution < -0.4 is 16.0 Å². The first-order valence-electron chi connectivity index (χ1n) is 10.6. The lowest BCUT2D eigenvalue weighted by atomic mass is 9.95. The number of aromatic nitrogens is 1. The highest BCUT2D eigenvalue weighted by atomic mass is 35.5. The van der Waals surface area contributed by atoms with Crippen LogP contribution in [-0.2, 0) is 9.84 Å². The number of nitrogens with zero attached hydrogens (tertiary/aromatic N) is 1. The Bertz CT molecular complexity index is 1170. The van der Waals surface area contributed by atoms with E-state index >= 15 is 0 Å². The Morgan fingerprint density at radius 1 is 1.12 bits per heavy atom. The molecule has 0 radical (unpaired) electrons. The molecular weight excluding hydrogens is 444 g/mol. The lowest BCUT2D eigenvalue weighted by Crippen LogP contribution is -2.45. The van der Waals surface area contributed by atoms with E-state index < -0.39 is 9.84 Å². The summed E-state index contributed by atoms with van der Waals surface area (Å²) in [5.41, 5.74) is 3.18. The molecule has 3 N–H and O–H groups in total. The largest absolute Gasteiger partial charge is 0.380 e. The molecule has 1 aliphatic heterocycles. The van der Waals surface area contributed by atoms with E-state index in [1.54, 1.807) is 18.3 Å². The summed E-state index contributed by atoms with van der Waals surface area (Å²) in [5.74, 6) is 0.994. The molecule has 32 heavy (non-hydrogen) atoms. The predicted octanol–water partition coefficient (Wildman–Crippen LogP) is 4.48. The molecule has 2 aromatic carbocycles. The number of rotatable bonds is 7. The number of anilines is 2. The molecular formula is C24H27ClN4O2S. The van der Waals surface area contributed by atoms with Crippen molar-refractivity contribution < 1.29 is 8.42 Å². The zero-order valence-electron chi connectivity index (χ0n) is 18.0. The molecule has 3 atom stereocenters. The first-order chi connectivity index (χ1) is 15.3. The van der Waals surface area contributed by atoms with Crippen molar-refractivity contribution in [3.63, 3.8) is 0 Å². The number of benzene rings is 2. The van der Waals surface area contributed by atoms with Gasteiger partial charge in [-0.1, -0.05) is 61.0 Å². The molecule has 8 heteroatoms. The molecule has 0 saturated heterocycles. The Hall–Kier alpha value is -2.61. The van der Waals surface area contributed by atoms with Crippen LogP contribution in [0.3, 0.4) is 0 Å². The van der Waals surface area contributed by atoms with Gasteiger partial charge in [0, 0.05) is 25.5 Å². The fourth-order valence-electron chi connectivity index (χ4n) is 3.95. The van der Waals surface area contributed by atoms with E-state index in [1.807, 2.05) is 36.4 Å². The summed E-state index contributed by atoms with van der Waals surface area (Å²) in [6.45, 7) is 3.59. The van der Waals surface area contributed by atoms with E-state index in [9.17, 15) is 8.42 Å². The zero-order chi connectivity index (χ0) is 22.7. The third kappa shape index (κ3) is 5.23. The minimum Gasteiger partial charge on any atom is -0.380 e. The summed E-state index contributed by atoms with van der Waals surface area (Å²) in [7, 11) is -3.19. The van der Waals surface area contributed by atoms with Crippen LogP contribution in [0.5, 0.6) is 0 Å². The van der Waals surface area contributed by atoms with Gasteiger partial charge in [-0.2, -0.15) is 0 Å². The van der Waals surface area contributed by atoms with Crippen molar-refractivity contribution in [2.24, 2.45) is 0 Å². The molecule has 3 aromatic rings. The van der Waals surface area contributed by atoms with Crippen LogP contribution in [0.4, 0.5) is 11.5 Å². The molecule has 6 nitrogen and oxygen atoms in total. The molecule has 0 aliphatic carbocycles. The number of nitrogens with one attached hydrogen (secondary N) is 3. The zero-order valence-corrected chi connectivity index (χ0v) is 19.6. The standard InChI is InChI=1S/C24H27ClN4O2S/c1-16(17-8-10-20(11-9-17)32(2,30)31)13-27-23(18-6-4-3-5-7-18)22-15-26-21-12-19(25)14-28-24(21)29-22/h3-12,14,16,22-23,26-27H,13,15H2,1-2H3,(H,28,29)/t16-,22-,23-/m1/s1. The van der Waals surface area contributed by atoms with Gasteiger partial charge in [0.25, 0.3) is 0 Å². The van der Waals surface area contributed by atoms with Crippen LogP contribution in [0.1, 0.15) is 30.0 Å². The highest BCUT2D eigenvalue weighted by Gasteiger charge is 2.28. The number of hydrogen-bond acceptors (Lipinski definition) is 6. The summed E-state index contributed by atoms with van der Waals surface area (Å²) in [6, 6.07) is 19.5. The van der Waals surface area contributed by atoms with Gasteiger partial charge in [0.05, 0.1) is 27.7 Å². The summed E-state index contributed by atoms with van der Waals surface area (Å²) < 4.78 is 23.5. The molecule has 0 spiro atoms. The topological polar surface area (TPSA) is 83.1 Å². The van der Waals surface area contributed by atoms with Crippen molar-refractivity contribution in [3.8, 4) is 0 Å². The minimum atomic E-state index is -3.19. The van der Waals surface area contributed by atoms with Crippen molar-refractivity contribution in [2.45, 2.75) is 29.8 Å². The molecule has 0 fully saturated rings. The Morgan fingerprint density at radius 3 is 2.53 bits per heavy atom. The van der Waals surface area contributed by atoms with Gasteiger partial charge in [0.2, 0.25) is 0 Å². The highest BCUT2D eigenvalue weighted by Crippen LogP contribution is 2.31. The van der Waals surface area contributed by atoms with Gasteiger partial charge in [-0.3, -0.25) is 0 Å². The van der Waals surface area contributed by atoms with Crippen molar-refractivity contribution in [3.05, 3.63) is 83.0 Å². The molecule has 0 unspecified atom stereocenters. The van der Waals surface area contributed by atoms with E-state index in [0.717, 1.165) is 30.2 Å². The number of halogens is 1. The second-order valence-corrected chi connectivity index (χ2v) is 10.7. The van der Waals surface area contributed by atoms with Crippen LogP contribution in [0.2, 0.25) is 5.02 Å². The Kier molecular flexibility index (Phi) is 6.69. The lowest BCUT2D eigenvalue weighted by molar-refractivity contribution is 0.453. The fraction of sp³-hybridized carbons (Fsp3) is 0.292. The van der Waals surface area contributed by atoms with E-state index in [2.05, 4.69) is 40.0 Å². The van der Waals surface area contributed by atoms with Gasteiger partial charge in [-0.05, 0) is 35.2 Å². The van der Waals surface area contributed by atoms with Gasteiger partial charge in [0.1, 0.15) is 5.82 Å². The Labute approximate surface area is 194 Å². The second-order valence-electron chi connectivity index (χ2n) is 8.22. The number of pyridine rings is 1. The average molecular weight is 471 g/mol. The maximum atomic E-state index is 11.7. The Morgan fingerprint density at radius 2 is 1.84 bits per heavy atom. The molecule has 1 aromatic heterocycles. The second kappa shape index (κ2) is 9.48. The third-order valence-electron chi connectivity index (χ3n) is 5.77. The maximum absolute atomic E-state index is 11.7. The summed E-state index contributed by atoms with van der Waals surface area (Å²) in [4.78, 5) is 4.77. The molecule has 0 amide bonds. The smallest absolute Gasteiger partial charge is 0.175 e. The first-order valence-corrected chi connectivity index (χ1v) is 12.8. The van der Waals surface area contributed by atoms with Crippen molar-refractivity contribution in [1.29, 1.82) is 0 Å². The minimum absolute atomic E-state index is 0.0482. The normalized spacial score (nSPS) is 17.5. The number of sulfone groups is 1. The monoisotopic (exact) mass is 470 g/mol. The molecule has 0 bridgehead atoms. The van der Waals surface area contributed by atoms with Crippen LogP contribution in [0, 0.1) is 0 Å². The van der Waals surface area contributed by atoms with Crippen LogP contribution in [0.25, 0.3) is 0 Å². The van der Waals surface area contributed by atoms with Crippen LogP contribution >= 0.6 is 11.6 Å². The van der Waals surface area contributed by atoms with Gasteiger partial charge in [-0.15, -0.1) is 0 Å². The van der Waals surface area contributed by atoms with E-state index in [1.165, 1.54) is 11.8 Å². The predicted molar refractivity (Wildman–Crippen MR) is 130 cm³/mol.